The fourth-order valence-electron chi connectivity index (χ4n) is 2.97. The van der Waals surface area contributed by atoms with Crippen LogP contribution >= 0.6 is 0 Å². The minimum absolute atomic E-state index is 0.125. The van der Waals surface area contributed by atoms with Crippen molar-refractivity contribution >= 4 is 25.5 Å². The van der Waals surface area contributed by atoms with Crippen molar-refractivity contribution in [2.24, 2.45) is 0 Å². The molecule has 27 heavy (non-hydrogen) atoms. The van der Waals surface area contributed by atoms with E-state index in [1.165, 1.54) is 28.6 Å². The second kappa shape index (κ2) is 7.53. The summed E-state index contributed by atoms with van der Waals surface area (Å²) >= 11 is 0. The molecule has 0 unspecified atom stereocenters. The number of nitrogens with zero attached hydrogens (tertiary/aromatic N) is 2. The highest BCUT2D eigenvalue weighted by Gasteiger charge is 2.33. The second-order valence-electron chi connectivity index (χ2n) is 5.98. The third-order valence-electron chi connectivity index (χ3n) is 4.37. The van der Waals surface area contributed by atoms with Crippen LogP contribution in [-0.2, 0) is 19.9 Å². The number of sulfonamides is 1. The van der Waals surface area contributed by atoms with Crippen LogP contribution in [0.3, 0.4) is 0 Å². The van der Waals surface area contributed by atoms with Gasteiger partial charge in [0.1, 0.15) is 0 Å². The maximum absolute atomic E-state index is 13.0. The van der Waals surface area contributed by atoms with E-state index >= 15 is 0 Å². The molecule has 1 aliphatic rings. The predicted octanol–water partition coefficient (Wildman–Crippen LogP) is 2.19. The SMILES string of the molecule is O=S(=O)(c1ccccc1N1CCN(S(=O)(=O)c2ccccc2)CC1)C(F)F. The van der Waals surface area contributed by atoms with E-state index in [1.54, 1.807) is 29.2 Å². The Balaban J connectivity index is 1.82. The van der Waals surface area contributed by atoms with Gasteiger partial charge in [-0.1, -0.05) is 30.3 Å². The van der Waals surface area contributed by atoms with E-state index in [1.807, 2.05) is 0 Å². The molecule has 1 fully saturated rings. The molecule has 0 atom stereocenters. The molecule has 0 N–H and O–H groups in total. The quantitative estimate of drug-likeness (QED) is 0.747. The fourth-order valence-corrected chi connectivity index (χ4v) is 5.36. The van der Waals surface area contributed by atoms with Gasteiger partial charge in [-0.25, -0.2) is 16.8 Å². The first-order valence-corrected chi connectivity index (χ1v) is 11.1. The van der Waals surface area contributed by atoms with E-state index in [0.717, 1.165) is 6.07 Å². The van der Waals surface area contributed by atoms with Gasteiger partial charge in [0.05, 0.1) is 15.5 Å². The Kier molecular flexibility index (Phi) is 5.50. The van der Waals surface area contributed by atoms with Crippen LogP contribution in [0, 0.1) is 0 Å². The van der Waals surface area contributed by atoms with Gasteiger partial charge in [0.2, 0.25) is 19.9 Å². The molecule has 2 aromatic carbocycles. The van der Waals surface area contributed by atoms with Gasteiger partial charge in [-0.2, -0.15) is 13.1 Å². The Morgan fingerprint density at radius 3 is 1.93 bits per heavy atom. The van der Waals surface area contributed by atoms with Crippen LogP contribution in [-0.4, -0.2) is 53.1 Å². The van der Waals surface area contributed by atoms with Crippen molar-refractivity contribution in [2.75, 3.05) is 31.1 Å². The Hall–Kier alpha value is -2.04. The van der Waals surface area contributed by atoms with Gasteiger partial charge in [0.15, 0.2) is 0 Å². The first-order valence-electron chi connectivity index (χ1n) is 8.16. The summed E-state index contributed by atoms with van der Waals surface area (Å²) in [5.41, 5.74) is 0.162. The third kappa shape index (κ3) is 3.83. The van der Waals surface area contributed by atoms with Crippen molar-refractivity contribution in [2.45, 2.75) is 15.5 Å². The summed E-state index contributed by atoms with van der Waals surface area (Å²) in [6.07, 6.45) is 0. The Morgan fingerprint density at radius 1 is 0.778 bits per heavy atom. The molecule has 0 spiro atoms. The van der Waals surface area contributed by atoms with Crippen molar-refractivity contribution in [3.8, 4) is 0 Å². The minimum atomic E-state index is -4.75. The van der Waals surface area contributed by atoms with Gasteiger partial charge < -0.3 is 4.90 Å². The Morgan fingerprint density at radius 2 is 1.33 bits per heavy atom. The summed E-state index contributed by atoms with van der Waals surface area (Å²) in [4.78, 5) is 1.35. The molecule has 0 aromatic heterocycles. The standard InChI is InChI=1S/C17H18F2N2O4S2/c18-17(19)26(22,23)16-9-5-4-8-15(16)20-10-12-21(13-11-20)27(24,25)14-6-2-1-3-7-14/h1-9,17H,10-13H2. The summed E-state index contributed by atoms with van der Waals surface area (Å²) in [5, 5.41) is 0. The molecule has 0 radical (unpaired) electrons. The average molecular weight is 416 g/mol. The number of halogens is 2. The van der Waals surface area contributed by atoms with Gasteiger partial charge in [-0.05, 0) is 24.3 Å². The Labute approximate surface area is 157 Å². The largest absolute Gasteiger partial charge is 0.368 e. The van der Waals surface area contributed by atoms with Gasteiger partial charge in [0, 0.05) is 26.2 Å². The minimum Gasteiger partial charge on any atom is -0.368 e. The lowest BCUT2D eigenvalue weighted by Crippen LogP contribution is -2.49. The molecule has 0 bridgehead atoms. The van der Waals surface area contributed by atoms with Gasteiger partial charge in [-0.15, -0.1) is 0 Å². The van der Waals surface area contributed by atoms with Gasteiger partial charge in [-0.3, -0.25) is 0 Å². The van der Waals surface area contributed by atoms with Crippen molar-refractivity contribution in [3.63, 3.8) is 0 Å². The number of hydrogen-bond acceptors (Lipinski definition) is 5. The second-order valence-corrected chi connectivity index (χ2v) is 9.80. The lowest BCUT2D eigenvalue weighted by Gasteiger charge is -2.36. The van der Waals surface area contributed by atoms with Crippen LogP contribution in [0.4, 0.5) is 14.5 Å². The number of benzene rings is 2. The van der Waals surface area contributed by atoms with E-state index in [2.05, 4.69) is 0 Å². The topological polar surface area (TPSA) is 74.8 Å². The lowest BCUT2D eigenvalue weighted by molar-refractivity contribution is 0.234. The molecule has 146 valence electrons. The van der Waals surface area contributed by atoms with Crippen LogP contribution in [0.2, 0.25) is 0 Å². The third-order valence-corrected chi connectivity index (χ3v) is 7.71. The molecular formula is C17H18F2N2O4S2. The summed E-state index contributed by atoms with van der Waals surface area (Å²) in [6, 6.07) is 13.5. The molecule has 3 rings (SSSR count). The van der Waals surface area contributed by atoms with Crippen molar-refractivity contribution in [3.05, 3.63) is 54.6 Å². The van der Waals surface area contributed by atoms with E-state index in [9.17, 15) is 25.6 Å². The van der Waals surface area contributed by atoms with E-state index in [-0.39, 0.29) is 36.8 Å². The number of piperazine rings is 1. The van der Waals surface area contributed by atoms with E-state index in [4.69, 9.17) is 0 Å². The maximum Gasteiger partial charge on any atom is 0.341 e. The summed E-state index contributed by atoms with van der Waals surface area (Å²) in [5.74, 6) is -3.52. The normalized spacial score (nSPS) is 16.6. The molecule has 2 aromatic rings. The summed E-state index contributed by atoms with van der Waals surface area (Å²) < 4.78 is 76.4. The molecular weight excluding hydrogens is 398 g/mol. The van der Waals surface area contributed by atoms with Crippen LogP contribution in [0.5, 0.6) is 0 Å². The zero-order valence-electron chi connectivity index (χ0n) is 14.2. The van der Waals surface area contributed by atoms with E-state index in [0.29, 0.717) is 0 Å². The van der Waals surface area contributed by atoms with Crippen LogP contribution in [0.15, 0.2) is 64.4 Å². The van der Waals surface area contributed by atoms with Crippen LogP contribution in [0.25, 0.3) is 0 Å². The van der Waals surface area contributed by atoms with E-state index < -0.39 is 30.5 Å². The molecule has 1 saturated heterocycles. The van der Waals surface area contributed by atoms with Crippen LogP contribution in [0.1, 0.15) is 0 Å². The molecule has 1 heterocycles. The number of hydrogen-bond donors (Lipinski definition) is 0. The molecule has 1 aliphatic heterocycles. The van der Waals surface area contributed by atoms with Crippen molar-refractivity contribution in [1.82, 2.24) is 4.31 Å². The zero-order chi connectivity index (χ0) is 19.7. The van der Waals surface area contributed by atoms with Crippen molar-refractivity contribution in [1.29, 1.82) is 0 Å². The molecule has 6 nitrogen and oxygen atoms in total. The van der Waals surface area contributed by atoms with Crippen molar-refractivity contribution < 1.29 is 25.6 Å². The molecule has 10 heteroatoms. The summed E-state index contributed by atoms with van der Waals surface area (Å²) in [6.45, 7) is 0.643. The number of rotatable bonds is 5. The van der Waals surface area contributed by atoms with Crippen LogP contribution < -0.4 is 4.90 Å². The Bertz CT molecular complexity index is 1000. The van der Waals surface area contributed by atoms with Gasteiger partial charge in [0.25, 0.3) is 0 Å². The molecule has 0 saturated carbocycles. The lowest BCUT2D eigenvalue weighted by atomic mass is 10.2. The fraction of sp³-hybridized carbons (Fsp3) is 0.294. The first kappa shape index (κ1) is 19.7. The molecule has 0 aliphatic carbocycles. The van der Waals surface area contributed by atoms with Gasteiger partial charge >= 0.3 is 5.76 Å². The first-order chi connectivity index (χ1) is 12.7. The smallest absolute Gasteiger partial charge is 0.341 e. The highest BCUT2D eigenvalue weighted by atomic mass is 32.2. The highest BCUT2D eigenvalue weighted by molar-refractivity contribution is 7.91. The number of para-hydroxylation sites is 1. The number of alkyl halides is 2. The maximum atomic E-state index is 13.0. The number of anilines is 1. The highest BCUT2D eigenvalue weighted by Crippen LogP contribution is 2.30. The monoisotopic (exact) mass is 416 g/mol. The average Bonchev–Trinajstić information content (AvgIpc) is 2.68. The number of sulfone groups is 1. The zero-order valence-corrected chi connectivity index (χ0v) is 15.8. The molecule has 0 amide bonds. The predicted molar refractivity (Wildman–Crippen MR) is 97.0 cm³/mol. The summed E-state index contributed by atoms with van der Waals surface area (Å²) in [7, 11) is -8.40.